The predicted octanol–water partition coefficient (Wildman–Crippen LogP) is 1.54. The minimum absolute atomic E-state index is 0.176. The fourth-order valence-corrected chi connectivity index (χ4v) is 1.99. The Morgan fingerprint density at radius 2 is 2.27 bits per heavy atom. The van der Waals surface area contributed by atoms with E-state index in [1.807, 2.05) is 24.8 Å². The highest BCUT2D eigenvalue weighted by molar-refractivity contribution is 5.92. The number of carbonyl (C=O) groups is 1. The van der Waals surface area contributed by atoms with Crippen LogP contribution >= 0.6 is 0 Å². The van der Waals surface area contributed by atoms with Gasteiger partial charge in [0.05, 0.1) is 0 Å². The Hall–Kier alpha value is -0.830. The molecule has 1 aliphatic rings. The zero-order valence-corrected chi connectivity index (χ0v) is 9.99. The van der Waals surface area contributed by atoms with Crippen molar-refractivity contribution in [3.05, 3.63) is 11.6 Å². The van der Waals surface area contributed by atoms with E-state index in [2.05, 4.69) is 6.92 Å². The van der Waals surface area contributed by atoms with Gasteiger partial charge in [0, 0.05) is 24.7 Å². The number of likely N-dealkylation sites (tertiary alicyclic amines) is 1. The Morgan fingerprint density at radius 3 is 2.80 bits per heavy atom. The smallest absolute Gasteiger partial charge is 0.249 e. The van der Waals surface area contributed by atoms with E-state index in [4.69, 9.17) is 5.73 Å². The van der Waals surface area contributed by atoms with E-state index in [1.165, 1.54) is 0 Å². The van der Waals surface area contributed by atoms with E-state index in [0.29, 0.717) is 5.92 Å². The number of amides is 1. The molecule has 1 amide bonds. The van der Waals surface area contributed by atoms with E-state index >= 15 is 0 Å². The zero-order valence-electron chi connectivity index (χ0n) is 9.99. The van der Waals surface area contributed by atoms with Crippen molar-refractivity contribution in [3.8, 4) is 0 Å². The van der Waals surface area contributed by atoms with Crippen LogP contribution in [0.15, 0.2) is 11.6 Å². The summed E-state index contributed by atoms with van der Waals surface area (Å²) in [5.74, 6) is 0.590. The second-order valence-electron chi connectivity index (χ2n) is 4.48. The Labute approximate surface area is 92.3 Å². The van der Waals surface area contributed by atoms with Gasteiger partial charge < -0.3 is 10.6 Å². The average Bonchev–Trinajstić information content (AvgIpc) is 2.21. The molecule has 0 aromatic carbocycles. The van der Waals surface area contributed by atoms with Gasteiger partial charge in [-0.15, -0.1) is 0 Å². The Morgan fingerprint density at radius 1 is 1.60 bits per heavy atom. The van der Waals surface area contributed by atoms with Crippen LogP contribution < -0.4 is 5.73 Å². The Bertz CT molecular complexity index is 260. The molecule has 3 nitrogen and oxygen atoms in total. The van der Waals surface area contributed by atoms with Gasteiger partial charge in [-0.2, -0.15) is 0 Å². The number of hydrogen-bond acceptors (Lipinski definition) is 2. The van der Waals surface area contributed by atoms with Crippen LogP contribution in [-0.4, -0.2) is 29.9 Å². The average molecular weight is 210 g/mol. The molecule has 86 valence electrons. The molecule has 1 aliphatic heterocycles. The van der Waals surface area contributed by atoms with Crippen molar-refractivity contribution >= 4 is 5.91 Å². The van der Waals surface area contributed by atoms with Crippen molar-refractivity contribution < 1.29 is 4.79 Å². The van der Waals surface area contributed by atoms with Gasteiger partial charge in [0.2, 0.25) is 5.91 Å². The maximum atomic E-state index is 12.0. The van der Waals surface area contributed by atoms with E-state index in [-0.39, 0.29) is 11.9 Å². The van der Waals surface area contributed by atoms with Crippen molar-refractivity contribution in [2.24, 2.45) is 11.7 Å². The number of hydrogen-bond donors (Lipinski definition) is 1. The highest BCUT2D eigenvalue weighted by Gasteiger charge is 2.26. The molecule has 0 aliphatic carbocycles. The minimum Gasteiger partial charge on any atom is -0.339 e. The normalized spacial score (nSPS) is 28.0. The lowest BCUT2D eigenvalue weighted by Crippen LogP contribution is -2.48. The molecule has 1 saturated heterocycles. The van der Waals surface area contributed by atoms with Crippen molar-refractivity contribution in [2.75, 3.05) is 13.1 Å². The molecular formula is C12H22N2O. The van der Waals surface area contributed by atoms with Gasteiger partial charge in [-0.25, -0.2) is 0 Å². The van der Waals surface area contributed by atoms with Crippen molar-refractivity contribution in [1.82, 2.24) is 4.90 Å². The molecule has 2 atom stereocenters. The van der Waals surface area contributed by atoms with E-state index in [0.717, 1.165) is 31.5 Å². The molecule has 1 heterocycles. The van der Waals surface area contributed by atoms with Crippen molar-refractivity contribution in [2.45, 2.75) is 39.7 Å². The van der Waals surface area contributed by atoms with Crippen LogP contribution in [0.4, 0.5) is 0 Å². The molecule has 2 N–H and O–H groups in total. The van der Waals surface area contributed by atoms with E-state index < -0.39 is 0 Å². The molecule has 3 heteroatoms. The van der Waals surface area contributed by atoms with Crippen LogP contribution in [0.25, 0.3) is 0 Å². The van der Waals surface area contributed by atoms with Crippen LogP contribution in [0.3, 0.4) is 0 Å². The first-order chi connectivity index (χ1) is 7.06. The van der Waals surface area contributed by atoms with Gasteiger partial charge in [-0.05, 0) is 25.7 Å². The summed E-state index contributed by atoms with van der Waals surface area (Å²) in [5, 5.41) is 0. The standard InChI is InChI=1S/C12H22N2O/c1-4-5-9(2)12(15)14-7-6-11(13)10(3)8-14/h5,10-11H,4,6-8,13H2,1-3H3. The first kappa shape index (κ1) is 12.2. The lowest BCUT2D eigenvalue weighted by molar-refractivity contribution is -0.128. The maximum Gasteiger partial charge on any atom is 0.249 e. The lowest BCUT2D eigenvalue weighted by Gasteiger charge is -2.35. The highest BCUT2D eigenvalue weighted by Crippen LogP contribution is 2.16. The Balaban J connectivity index is 2.58. The minimum atomic E-state index is 0.176. The van der Waals surface area contributed by atoms with Crippen LogP contribution in [0, 0.1) is 5.92 Å². The molecule has 1 fully saturated rings. The summed E-state index contributed by atoms with van der Waals surface area (Å²) in [6.07, 6.45) is 3.83. The third kappa shape index (κ3) is 3.06. The number of rotatable bonds is 2. The summed E-state index contributed by atoms with van der Waals surface area (Å²) in [5.41, 5.74) is 6.78. The molecule has 2 unspecified atom stereocenters. The molecule has 0 radical (unpaired) electrons. The number of piperidine rings is 1. The summed E-state index contributed by atoms with van der Waals surface area (Å²) in [4.78, 5) is 13.9. The third-order valence-electron chi connectivity index (χ3n) is 3.11. The molecule has 0 aromatic heterocycles. The van der Waals surface area contributed by atoms with Gasteiger partial charge in [-0.1, -0.05) is 19.9 Å². The quantitative estimate of drug-likeness (QED) is 0.703. The van der Waals surface area contributed by atoms with Gasteiger partial charge in [0.1, 0.15) is 0 Å². The number of carbonyl (C=O) groups excluding carboxylic acids is 1. The van der Waals surface area contributed by atoms with Crippen LogP contribution in [0.5, 0.6) is 0 Å². The molecule has 0 spiro atoms. The van der Waals surface area contributed by atoms with Crippen LogP contribution in [-0.2, 0) is 4.79 Å². The van der Waals surface area contributed by atoms with Gasteiger partial charge >= 0.3 is 0 Å². The summed E-state index contributed by atoms with van der Waals surface area (Å²) in [6, 6.07) is 0.254. The first-order valence-electron chi connectivity index (χ1n) is 5.77. The second-order valence-corrected chi connectivity index (χ2v) is 4.48. The number of nitrogens with two attached hydrogens (primary N) is 1. The molecule has 1 rings (SSSR count). The number of nitrogens with zero attached hydrogens (tertiary/aromatic N) is 1. The summed E-state index contributed by atoms with van der Waals surface area (Å²) < 4.78 is 0. The highest BCUT2D eigenvalue weighted by atomic mass is 16.2. The molecule has 0 aromatic rings. The summed E-state index contributed by atoms with van der Waals surface area (Å²) >= 11 is 0. The summed E-state index contributed by atoms with van der Waals surface area (Å²) in [6.45, 7) is 7.66. The largest absolute Gasteiger partial charge is 0.339 e. The maximum absolute atomic E-state index is 12.0. The molecule has 15 heavy (non-hydrogen) atoms. The van der Waals surface area contributed by atoms with Crippen LogP contribution in [0.1, 0.15) is 33.6 Å². The fourth-order valence-electron chi connectivity index (χ4n) is 1.99. The monoisotopic (exact) mass is 210 g/mol. The Kier molecular flexibility index (Phi) is 4.33. The fraction of sp³-hybridized carbons (Fsp3) is 0.750. The van der Waals surface area contributed by atoms with Gasteiger partial charge in [-0.3, -0.25) is 4.79 Å². The predicted molar refractivity (Wildman–Crippen MR) is 62.4 cm³/mol. The topological polar surface area (TPSA) is 46.3 Å². The van der Waals surface area contributed by atoms with E-state index in [9.17, 15) is 4.79 Å². The second kappa shape index (κ2) is 5.31. The zero-order chi connectivity index (χ0) is 11.4. The van der Waals surface area contributed by atoms with Crippen molar-refractivity contribution in [1.29, 1.82) is 0 Å². The van der Waals surface area contributed by atoms with Gasteiger partial charge in [0.15, 0.2) is 0 Å². The third-order valence-corrected chi connectivity index (χ3v) is 3.11. The lowest BCUT2D eigenvalue weighted by atomic mass is 9.94. The summed E-state index contributed by atoms with van der Waals surface area (Å²) in [7, 11) is 0. The van der Waals surface area contributed by atoms with Gasteiger partial charge in [0.25, 0.3) is 0 Å². The van der Waals surface area contributed by atoms with E-state index in [1.54, 1.807) is 0 Å². The van der Waals surface area contributed by atoms with Crippen LogP contribution in [0.2, 0.25) is 0 Å². The van der Waals surface area contributed by atoms with Crippen molar-refractivity contribution in [3.63, 3.8) is 0 Å². The first-order valence-corrected chi connectivity index (χ1v) is 5.77. The SMILES string of the molecule is CCC=C(C)C(=O)N1CCC(N)C(C)C1. The molecular weight excluding hydrogens is 188 g/mol. The number of allylic oxidation sites excluding steroid dienone is 1. The molecule has 0 bridgehead atoms. The molecule has 0 saturated carbocycles.